The standard InChI is InChI=1S/C38H47BrN2O7Si/c1-26-36(49(4,5)30-17-15-29(46-2)16-18-30)33(24-34(43)40(21-22-42)25-27-11-7-6-8-12-27)48-38(26)31-23-28(39)14-19-32(31)41(37(38)45)20-10-9-13-35(44)47-3/h6-8,11-12,14-19,23,26,33,36,42H,9-10,13,20-22,24-25H2,1-5H3/t26-,33+,36-,38+/m0/s1. The Balaban J connectivity index is 1.54. The molecule has 2 aliphatic rings. The van der Waals surface area contributed by atoms with Crippen molar-refractivity contribution in [3.05, 3.63) is 88.4 Å². The molecule has 2 aliphatic heterocycles. The number of ether oxygens (including phenoxy) is 3. The summed E-state index contributed by atoms with van der Waals surface area (Å²) >= 11 is 3.65. The molecule has 0 aliphatic carbocycles. The van der Waals surface area contributed by atoms with Crippen molar-refractivity contribution in [1.29, 1.82) is 0 Å². The van der Waals surface area contributed by atoms with E-state index in [0.717, 1.165) is 27.0 Å². The Labute approximate surface area is 298 Å². The molecule has 5 rings (SSSR count). The van der Waals surface area contributed by atoms with Gasteiger partial charge in [-0.2, -0.15) is 0 Å². The van der Waals surface area contributed by atoms with Gasteiger partial charge in [0.15, 0.2) is 5.60 Å². The van der Waals surface area contributed by atoms with E-state index in [-0.39, 0.29) is 55.2 Å². The third-order valence-corrected chi connectivity index (χ3v) is 15.2. The van der Waals surface area contributed by atoms with Gasteiger partial charge in [-0.3, -0.25) is 14.4 Å². The van der Waals surface area contributed by atoms with Crippen LogP contribution in [0.2, 0.25) is 18.6 Å². The molecule has 3 aromatic carbocycles. The average Bonchev–Trinajstić information content (AvgIpc) is 3.52. The second-order valence-electron chi connectivity index (χ2n) is 13.5. The van der Waals surface area contributed by atoms with Gasteiger partial charge < -0.3 is 29.1 Å². The molecule has 0 radical (unpaired) electrons. The number of hydrogen-bond donors (Lipinski definition) is 1. The van der Waals surface area contributed by atoms with Crippen LogP contribution >= 0.6 is 15.9 Å². The zero-order valence-corrected chi connectivity index (χ0v) is 31.6. The Kier molecular flexibility index (Phi) is 11.7. The number of amides is 2. The molecule has 3 aromatic rings. The molecule has 0 saturated carbocycles. The SMILES string of the molecule is COC(=O)CCCCN1C(=O)[C@]2(O[C@H](CC(=O)N(CCO)Cc3ccccc3)[C@@H]([Si](C)(C)c3ccc(OC)cc3)[C@@H]2C)c2cc(Br)ccc21. The number of rotatable bonds is 14. The summed E-state index contributed by atoms with van der Waals surface area (Å²) in [7, 11) is 0.557. The van der Waals surface area contributed by atoms with Crippen LogP contribution < -0.4 is 14.8 Å². The lowest BCUT2D eigenvalue weighted by molar-refractivity contribution is -0.149. The van der Waals surface area contributed by atoms with Crippen molar-refractivity contribution in [2.45, 2.75) is 69.5 Å². The zero-order valence-electron chi connectivity index (χ0n) is 29.0. The molecule has 0 bridgehead atoms. The van der Waals surface area contributed by atoms with Crippen molar-refractivity contribution in [2.75, 3.05) is 38.8 Å². The molecule has 49 heavy (non-hydrogen) atoms. The molecule has 262 valence electrons. The summed E-state index contributed by atoms with van der Waals surface area (Å²) in [6, 6.07) is 23.7. The summed E-state index contributed by atoms with van der Waals surface area (Å²) in [5.74, 6) is -0.0426. The highest BCUT2D eigenvalue weighted by Gasteiger charge is 2.66. The number of aliphatic hydroxyl groups is 1. The molecular formula is C38H47BrN2O7Si. The lowest BCUT2D eigenvalue weighted by Gasteiger charge is -2.37. The van der Waals surface area contributed by atoms with Crippen molar-refractivity contribution < 1.29 is 33.7 Å². The van der Waals surface area contributed by atoms with Gasteiger partial charge in [0.1, 0.15) is 5.75 Å². The van der Waals surface area contributed by atoms with Crippen molar-refractivity contribution in [3.63, 3.8) is 0 Å². The second-order valence-corrected chi connectivity index (χ2v) is 19.1. The topological polar surface area (TPSA) is 106 Å². The summed E-state index contributed by atoms with van der Waals surface area (Å²) in [4.78, 5) is 44.3. The molecule has 1 saturated heterocycles. The van der Waals surface area contributed by atoms with E-state index in [2.05, 4.69) is 48.1 Å². The highest BCUT2D eigenvalue weighted by atomic mass is 79.9. The van der Waals surface area contributed by atoms with E-state index >= 15 is 0 Å². The highest BCUT2D eigenvalue weighted by molar-refractivity contribution is 9.10. The number of nitrogens with zero attached hydrogens (tertiary/aromatic N) is 2. The van der Waals surface area contributed by atoms with Crippen molar-refractivity contribution in [2.24, 2.45) is 5.92 Å². The molecule has 2 heterocycles. The number of carbonyl (C=O) groups excluding carboxylic acids is 3. The minimum atomic E-state index is -2.47. The van der Waals surface area contributed by atoms with E-state index in [9.17, 15) is 19.5 Å². The van der Waals surface area contributed by atoms with E-state index in [0.29, 0.717) is 25.9 Å². The number of carbonyl (C=O) groups is 3. The van der Waals surface area contributed by atoms with Crippen molar-refractivity contribution >= 4 is 52.7 Å². The summed E-state index contributed by atoms with van der Waals surface area (Å²) in [6.07, 6.45) is 1.01. The van der Waals surface area contributed by atoms with Gasteiger partial charge in [-0.1, -0.05) is 83.6 Å². The maximum absolute atomic E-state index is 14.9. The van der Waals surface area contributed by atoms with Crippen LogP contribution in [0.1, 0.15) is 43.7 Å². The van der Waals surface area contributed by atoms with Crippen LogP contribution in [0.25, 0.3) is 0 Å². The number of fused-ring (bicyclic) bond motifs is 2. The Hall–Kier alpha value is -3.51. The number of unbranched alkanes of at least 4 members (excludes halogenated alkanes) is 1. The lowest BCUT2D eigenvalue weighted by atomic mass is 9.82. The van der Waals surface area contributed by atoms with Gasteiger partial charge in [0.2, 0.25) is 5.91 Å². The zero-order chi connectivity index (χ0) is 35.3. The van der Waals surface area contributed by atoms with E-state index in [4.69, 9.17) is 14.2 Å². The highest BCUT2D eigenvalue weighted by Crippen LogP contribution is 2.60. The monoisotopic (exact) mass is 750 g/mol. The van der Waals surface area contributed by atoms with E-state index in [1.807, 2.05) is 60.7 Å². The lowest BCUT2D eigenvalue weighted by Crippen LogP contribution is -2.52. The average molecular weight is 752 g/mol. The van der Waals surface area contributed by atoms with Crippen LogP contribution in [0.15, 0.2) is 77.3 Å². The largest absolute Gasteiger partial charge is 0.497 e. The third kappa shape index (κ3) is 7.36. The molecule has 1 spiro atoms. The summed E-state index contributed by atoms with van der Waals surface area (Å²) < 4.78 is 18.2. The molecular weight excluding hydrogens is 704 g/mol. The van der Waals surface area contributed by atoms with Gasteiger partial charge in [-0.05, 0) is 54.3 Å². The van der Waals surface area contributed by atoms with Crippen molar-refractivity contribution in [1.82, 2.24) is 4.90 Å². The maximum atomic E-state index is 14.9. The first-order chi connectivity index (χ1) is 23.5. The second kappa shape index (κ2) is 15.6. The fourth-order valence-corrected chi connectivity index (χ4v) is 12.2. The number of halogens is 1. The Morgan fingerprint density at radius 3 is 2.41 bits per heavy atom. The predicted molar refractivity (Wildman–Crippen MR) is 195 cm³/mol. The van der Waals surface area contributed by atoms with E-state index in [1.54, 1.807) is 16.9 Å². The molecule has 0 unspecified atom stereocenters. The van der Waals surface area contributed by atoms with Gasteiger partial charge in [0, 0.05) is 42.0 Å². The van der Waals surface area contributed by atoms with Gasteiger partial charge >= 0.3 is 5.97 Å². The number of hydrogen-bond acceptors (Lipinski definition) is 7. The first-order valence-corrected chi connectivity index (χ1v) is 20.8. The molecule has 9 nitrogen and oxygen atoms in total. The van der Waals surface area contributed by atoms with Crippen LogP contribution in [-0.4, -0.2) is 75.9 Å². The van der Waals surface area contributed by atoms with Crippen LogP contribution in [0.3, 0.4) is 0 Å². The summed E-state index contributed by atoms with van der Waals surface area (Å²) in [5.41, 5.74) is 1.14. The van der Waals surface area contributed by atoms with Crippen molar-refractivity contribution in [3.8, 4) is 5.75 Å². The summed E-state index contributed by atoms with van der Waals surface area (Å²) in [5, 5.41) is 11.1. The van der Waals surface area contributed by atoms with Crippen LogP contribution in [0.5, 0.6) is 5.75 Å². The number of esters is 1. The third-order valence-electron chi connectivity index (χ3n) is 10.4. The van der Waals surface area contributed by atoms with Crippen LogP contribution in [0, 0.1) is 5.92 Å². The fraction of sp³-hybridized carbons (Fsp3) is 0.447. The number of methoxy groups -OCH3 is 2. The van der Waals surface area contributed by atoms with E-state index < -0.39 is 19.8 Å². The minimum absolute atomic E-state index is 0.0753. The molecule has 1 N–H and O–H groups in total. The maximum Gasteiger partial charge on any atom is 0.305 e. The molecule has 0 aromatic heterocycles. The van der Waals surface area contributed by atoms with Gasteiger partial charge in [-0.15, -0.1) is 0 Å². The van der Waals surface area contributed by atoms with Gasteiger partial charge in [0.05, 0.1) is 47.1 Å². The van der Waals surface area contributed by atoms with Crippen LogP contribution in [0.4, 0.5) is 5.69 Å². The molecule has 4 atom stereocenters. The minimum Gasteiger partial charge on any atom is -0.497 e. The normalized spacial score (nSPS) is 21.6. The van der Waals surface area contributed by atoms with Gasteiger partial charge in [-0.25, -0.2) is 0 Å². The Morgan fingerprint density at radius 1 is 1.04 bits per heavy atom. The summed E-state index contributed by atoms with van der Waals surface area (Å²) in [6.45, 7) is 7.51. The number of aliphatic hydroxyl groups excluding tert-OH is 1. The quantitative estimate of drug-likeness (QED) is 0.127. The van der Waals surface area contributed by atoms with E-state index in [1.165, 1.54) is 12.3 Å². The van der Waals surface area contributed by atoms with Crippen LogP contribution in [-0.2, 0) is 36.0 Å². The molecule has 1 fully saturated rings. The first kappa shape index (κ1) is 36.8. The molecule has 11 heteroatoms. The fourth-order valence-electron chi connectivity index (χ4n) is 7.87. The van der Waals surface area contributed by atoms with Gasteiger partial charge in [0.25, 0.3) is 5.91 Å². The first-order valence-electron chi connectivity index (χ1n) is 16.9. The molecule has 2 amide bonds. The Morgan fingerprint density at radius 2 is 1.76 bits per heavy atom. The Bertz CT molecular complexity index is 1640. The smallest absolute Gasteiger partial charge is 0.305 e. The predicted octanol–water partition coefficient (Wildman–Crippen LogP) is 5.77. The number of benzene rings is 3. The number of anilines is 1.